The first kappa shape index (κ1) is 16.0. The minimum absolute atomic E-state index is 0.161. The summed E-state index contributed by atoms with van der Waals surface area (Å²) in [6, 6.07) is 7.92. The topological polar surface area (TPSA) is 32.8 Å². The Bertz CT molecular complexity index is 468. The van der Waals surface area contributed by atoms with Gasteiger partial charge in [-0.25, -0.2) is 0 Å². The Hall–Kier alpha value is -1.39. The number of ketones is 1. The van der Waals surface area contributed by atoms with Gasteiger partial charge in [-0.15, -0.1) is 0 Å². The van der Waals surface area contributed by atoms with E-state index >= 15 is 0 Å². The van der Waals surface area contributed by atoms with Crippen LogP contribution in [0.5, 0.6) is 5.75 Å². The average Bonchev–Trinajstić information content (AvgIpc) is 2.54. The molecular weight excluding hydrogens is 264 g/mol. The third-order valence-electron chi connectivity index (χ3n) is 4.41. The van der Waals surface area contributed by atoms with Gasteiger partial charge in [0.05, 0.1) is 13.7 Å². The summed E-state index contributed by atoms with van der Waals surface area (Å²) in [6.07, 6.45) is 2.30. The molecule has 1 saturated heterocycles. The van der Waals surface area contributed by atoms with Gasteiger partial charge in [0.15, 0.2) is 5.78 Å². The highest BCUT2D eigenvalue weighted by molar-refractivity contribution is 5.97. The van der Waals surface area contributed by atoms with Crippen molar-refractivity contribution in [3.63, 3.8) is 0 Å². The van der Waals surface area contributed by atoms with Crippen molar-refractivity contribution in [2.45, 2.75) is 25.8 Å². The molecule has 0 unspecified atom stereocenters. The van der Waals surface area contributed by atoms with E-state index in [0.717, 1.165) is 43.8 Å². The second kappa shape index (κ2) is 7.57. The number of piperidine rings is 1. The van der Waals surface area contributed by atoms with E-state index in [2.05, 4.69) is 23.8 Å². The molecule has 1 aliphatic heterocycles. The zero-order chi connectivity index (χ0) is 15.2. The third-order valence-corrected chi connectivity index (χ3v) is 4.41. The second-order valence-corrected chi connectivity index (χ2v) is 5.74. The molecule has 0 aromatic heterocycles. The predicted octanol–water partition coefficient (Wildman–Crippen LogP) is 2.29. The van der Waals surface area contributed by atoms with Crippen LogP contribution in [0.4, 0.5) is 0 Å². The summed E-state index contributed by atoms with van der Waals surface area (Å²) in [6.45, 7) is 6.08. The molecule has 116 valence electrons. The van der Waals surface area contributed by atoms with Crippen molar-refractivity contribution in [1.29, 1.82) is 0 Å². The predicted molar refractivity (Wildman–Crippen MR) is 85.1 cm³/mol. The lowest BCUT2D eigenvalue weighted by atomic mass is 10.0. The molecule has 0 spiro atoms. The van der Waals surface area contributed by atoms with E-state index in [-0.39, 0.29) is 5.78 Å². The highest BCUT2D eigenvalue weighted by Gasteiger charge is 2.23. The first-order valence-electron chi connectivity index (χ1n) is 7.74. The summed E-state index contributed by atoms with van der Waals surface area (Å²) >= 11 is 0. The van der Waals surface area contributed by atoms with Gasteiger partial charge in [0.25, 0.3) is 0 Å². The van der Waals surface area contributed by atoms with Gasteiger partial charge >= 0.3 is 0 Å². The molecule has 1 aromatic carbocycles. The molecule has 0 radical (unpaired) electrons. The number of likely N-dealkylation sites (N-methyl/N-ethyl adjacent to an activating group) is 1. The summed E-state index contributed by atoms with van der Waals surface area (Å²) in [5.41, 5.74) is 0.729. The molecule has 4 heteroatoms. The van der Waals surface area contributed by atoms with Crippen LogP contribution in [0.1, 0.15) is 30.1 Å². The fourth-order valence-electron chi connectivity index (χ4n) is 2.92. The zero-order valence-electron chi connectivity index (χ0n) is 13.3. The number of nitrogens with zero attached hydrogens (tertiary/aromatic N) is 2. The highest BCUT2D eigenvalue weighted by atomic mass is 16.5. The number of hydrogen-bond donors (Lipinski definition) is 0. The molecule has 1 aromatic rings. The molecule has 1 heterocycles. The summed E-state index contributed by atoms with van der Waals surface area (Å²) < 4.78 is 5.18. The lowest BCUT2D eigenvalue weighted by Crippen LogP contribution is -2.44. The molecular formula is C17H26N2O2. The Kier molecular flexibility index (Phi) is 5.76. The molecule has 0 N–H and O–H groups in total. The number of Topliss-reactive ketones (excluding diaryl/α,β-unsaturated/α-hetero) is 1. The molecule has 4 nitrogen and oxygen atoms in total. The first-order chi connectivity index (χ1) is 10.1. The minimum Gasteiger partial charge on any atom is -0.497 e. The SMILES string of the molecule is CCN1CCC(N(C)CC(=O)c2cccc(OC)c2)CC1. The van der Waals surface area contributed by atoms with Gasteiger partial charge in [-0.1, -0.05) is 19.1 Å². The van der Waals surface area contributed by atoms with Crippen molar-refractivity contribution < 1.29 is 9.53 Å². The minimum atomic E-state index is 0.161. The quantitative estimate of drug-likeness (QED) is 0.753. The fourth-order valence-corrected chi connectivity index (χ4v) is 2.92. The van der Waals surface area contributed by atoms with Crippen molar-refractivity contribution in [3.8, 4) is 5.75 Å². The van der Waals surface area contributed by atoms with Crippen LogP contribution in [0.2, 0.25) is 0 Å². The summed E-state index contributed by atoms with van der Waals surface area (Å²) in [7, 11) is 3.68. The standard InChI is InChI=1S/C17H26N2O2/c1-4-19-10-8-15(9-11-19)18(2)13-17(20)14-6-5-7-16(12-14)21-3/h5-7,12,15H,4,8-11,13H2,1-3H3. The van der Waals surface area contributed by atoms with E-state index in [1.807, 2.05) is 24.3 Å². The maximum Gasteiger partial charge on any atom is 0.176 e. The van der Waals surface area contributed by atoms with Crippen LogP contribution in [0.15, 0.2) is 24.3 Å². The van der Waals surface area contributed by atoms with Crippen LogP contribution in [-0.2, 0) is 0 Å². The van der Waals surface area contributed by atoms with E-state index < -0.39 is 0 Å². The van der Waals surface area contributed by atoms with Gasteiger partial charge < -0.3 is 9.64 Å². The maximum absolute atomic E-state index is 12.4. The largest absolute Gasteiger partial charge is 0.497 e. The number of benzene rings is 1. The Morgan fingerprint density at radius 3 is 2.71 bits per heavy atom. The maximum atomic E-state index is 12.4. The zero-order valence-corrected chi connectivity index (χ0v) is 13.3. The summed E-state index contributed by atoms with van der Waals surface area (Å²) in [4.78, 5) is 17.0. The van der Waals surface area contributed by atoms with Crippen molar-refractivity contribution in [3.05, 3.63) is 29.8 Å². The summed E-state index contributed by atoms with van der Waals surface area (Å²) in [5.74, 6) is 0.897. The number of methoxy groups -OCH3 is 1. The molecule has 21 heavy (non-hydrogen) atoms. The third kappa shape index (κ3) is 4.29. The molecule has 0 atom stereocenters. The smallest absolute Gasteiger partial charge is 0.176 e. The second-order valence-electron chi connectivity index (χ2n) is 5.74. The van der Waals surface area contributed by atoms with E-state index in [4.69, 9.17) is 4.74 Å². The van der Waals surface area contributed by atoms with Crippen molar-refractivity contribution in [2.75, 3.05) is 40.3 Å². The van der Waals surface area contributed by atoms with Gasteiger partial charge in [0.1, 0.15) is 5.75 Å². The highest BCUT2D eigenvalue weighted by Crippen LogP contribution is 2.17. The number of carbonyl (C=O) groups excluding carboxylic acids is 1. The number of carbonyl (C=O) groups is 1. The molecule has 2 rings (SSSR count). The monoisotopic (exact) mass is 290 g/mol. The number of likely N-dealkylation sites (tertiary alicyclic amines) is 1. The normalized spacial score (nSPS) is 17.1. The van der Waals surface area contributed by atoms with Crippen LogP contribution < -0.4 is 4.74 Å². The van der Waals surface area contributed by atoms with Gasteiger partial charge in [-0.05, 0) is 51.7 Å². The van der Waals surface area contributed by atoms with E-state index in [1.165, 1.54) is 0 Å². The molecule has 0 saturated carbocycles. The van der Waals surface area contributed by atoms with Crippen LogP contribution in [-0.4, -0.2) is 62.0 Å². The average molecular weight is 290 g/mol. The van der Waals surface area contributed by atoms with Crippen molar-refractivity contribution in [1.82, 2.24) is 9.80 Å². The Labute approximate surface area is 127 Å². The van der Waals surface area contributed by atoms with E-state index in [0.29, 0.717) is 12.6 Å². The van der Waals surface area contributed by atoms with Crippen molar-refractivity contribution >= 4 is 5.78 Å². The molecule has 0 amide bonds. The van der Waals surface area contributed by atoms with Crippen LogP contribution >= 0.6 is 0 Å². The van der Waals surface area contributed by atoms with E-state index in [1.54, 1.807) is 7.11 Å². The van der Waals surface area contributed by atoms with Crippen LogP contribution in [0.25, 0.3) is 0 Å². The summed E-state index contributed by atoms with van der Waals surface area (Å²) in [5, 5.41) is 0. The first-order valence-corrected chi connectivity index (χ1v) is 7.74. The number of ether oxygens (including phenoxy) is 1. The van der Waals surface area contributed by atoms with Crippen LogP contribution in [0, 0.1) is 0 Å². The lowest BCUT2D eigenvalue weighted by molar-refractivity contribution is 0.0858. The van der Waals surface area contributed by atoms with Gasteiger partial charge in [-0.3, -0.25) is 9.69 Å². The van der Waals surface area contributed by atoms with E-state index in [9.17, 15) is 4.79 Å². The van der Waals surface area contributed by atoms with Gasteiger partial charge in [-0.2, -0.15) is 0 Å². The van der Waals surface area contributed by atoms with Gasteiger partial charge in [0, 0.05) is 11.6 Å². The Morgan fingerprint density at radius 1 is 1.38 bits per heavy atom. The molecule has 0 bridgehead atoms. The Balaban J connectivity index is 1.90. The lowest BCUT2D eigenvalue weighted by Gasteiger charge is -2.36. The molecule has 1 aliphatic rings. The van der Waals surface area contributed by atoms with Crippen molar-refractivity contribution in [2.24, 2.45) is 0 Å². The molecule has 1 fully saturated rings. The Morgan fingerprint density at radius 2 is 2.10 bits per heavy atom. The van der Waals surface area contributed by atoms with Crippen LogP contribution in [0.3, 0.4) is 0 Å². The van der Waals surface area contributed by atoms with Gasteiger partial charge in [0.2, 0.25) is 0 Å². The fraction of sp³-hybridized carbons (Fsp3) is 0.588. The molecule has 0 aliphatic carbocycles. The number of hydrogen-bond acceptors (Lipinski definition) is 4. The number of rotatable bonds is 6.